The second-order valence-electron chi connectivity index (χ2n) is 7.78. The molecule has 3 aromatic rings. The Hall–Kier alpha value is -3.69. The zero-order valence-electron chi connectivity index (χ0n) is 18.0. The fourth-order valence-corrected chi connectivity index (χ4v) is 4.04. The summed E-state index contributed by atoms with van der Waals surface area (Å²) in [6.45, 7) is 0.648. The molecular formula is C24H24N4O5. The smallest absolute Gasteiger partial charge is 0.412 e. The topological polar surface area (TPSA) is 104 Å². The summed E-state index contributed by atoms with van der Waals surface area (Å²) in [5.41, 5.74) is 2.42. The van der Waals surface area contributed by atoms with Crippen LogP contribution in [-0.2, 0) is 14.2 Å². The molecule has 2 saturated heterocycles. The number of anilines is 2. The van der Waals surface area contributed by atoms with Crippen LogP contribution in [0.15, 0.2) is 66.9 Å². The van der Waals surface area contributed by atoms with Crippen LogP contribution in [0.5, 0.6) is 5.75 Å². The predicted molar refractivity (Wildman–Crippen MR) is 121 cm³/mol. The summed E-state index contributed by atoms with van der Waals surface area (Å²) in [4.78, 5) is 21.3. The molecule has 3 heterocycles. The van der Waals surface area contributed by atoms with Crippen LogP contribution >= 0.6 is 0 Å². The van der Waals surface area contributed by atoms with Gasteiger partial charge in [0.15, 0.2) is 6.10 Å². The lowest BCUT2D eigenvalue weighted by Gasteiger charge is -2.18. The van der Waals surface area contributed by atoms with Gasteiger partial charge in [0.25, 0.3) is 0 Å². The number of nitrogens with zero attached hydrogens (tertiary/aromatic N) is 2. The summed E-state index contributed by atoms with van der Waals surface area (Å²) in [6.07, 6.45) is -0.00481. The Kier molecular flexibility index (Phi) is 6.05. The maximum atomic E-state index is 12.4. The van der Waals surface area contributed by atoms with Crippen LogP contribution in [0.3, 0.4) is 0 Å². The molecule has 1 amide bonds. The van der Waals surface area contributed by atoms with Crippen LogP contribution in [0.1, 0.15) is 0 Å². The Labute approximate surface area is 191 Å². The SMILES string of the molecule is COc1cccc(NC(=O)O[C@H]2CO[C@@H]3[C@@H]2OC[C@@H]3Nc2nccc(-c3ccccc3)n2)c1. The van der Waals surface area contributed by atoms with E-state index in [1.54, 1.807) is 37.6 Å². The number of methoxy groups -OCH3 is 1. The highest BCUT2D eigenvalue weighted by Gasteiger charge is 2.49. The lowest BCUT2D eigenvalue weighted by molar-refractivity contribution is 0.00917. The van der Waals surface area contributed by atoms with Crippen LogP contribution in [-0.4, -0.2) is 60.7 Å². The fourth-order valence-electron chi connectivity index (χ4n) is 4.04. The van der Waals surface area contributed by atoms with Crippen LogP contribution in [0.25, 0.3) is 11.3 Å². The molecule has 5 rings (SSSR count). The second kappa shape index (κ2) is 9.43. The zero-order chi connectivity index (χ0) is 22.6. The lowest BCUT2D eigenvalue weighted by atomic mass is 10.1. The first-order valence-corrected chi connectivity index (χ1v) is 10.7. The van der Waals surface area contributed by atoms with Crippen molar-refractivity contribution in [1.82, 2.24) is 9.97 Å². The van der Waals surface area contributed by atoms with Gasteiger partial charge in [-0.05, 0) is 18.2 Å². The summed E-state index contributed by atoms with van der Waals surface area (Å²) >= 11 is 0. The minimum Gasteiger partial charge on any atom is -0.497 e. The van der Waals surface area contributed by atoms with E-state index < -0.39 is 12.2 Å². The number of benzene rings is 2. The van der Waals surface area contributed by atoms with Crippen molar-refractivity contribution in [2.45, 2.75) is 24.4 Å². The van der Waals surface area contributed by atoms with Gasteiger partial charge in [-0.15, -0.1) is 0 Å². The van der Waals surface area contributed by atoms with E-state index in [-0.39, 0.29) is 24.9 Å². The van der Waals surface area contributed by atoms with Gasteiger partial charge in [0.05, 0.1) is 32.1 Å². The van der Waals surface area contributed by atoms with Crippen molar-refractivity contribution in [3.05, 3.63) is 66.9 Å². The van der Waals surface area contributed by atoms with E-state index in [0.29, 0.717) is 24.0 Å². The minimum atomic E-state index is -0.573. The Balaban J connectivity index is 1.19. The van der Waals surface area contributed by atoms with Crippen LogP contribution in [0.2, 0.25) is 0 Å². The first-order valence-electron chi connectivity index (χ1n) is 10.7. The molecule has 0 radical (unpaired) electrons. The summed E-state index contributed by atoms with van der Waals surface area (Å²) < 4.78 is 22.6. The molecule has 0 unspecified atom stereocenters. The Morgan fingerprint density at radius 2 is 1.88 bits per heavy atom. The van der Waals surface area contributed by atoms with Gasteiger partial charge in [-0.2, -0.15) is 0 Å². The number of carbonyl (C=O) groups is 1. The number of aromatic nitrogens is 2. The number of carbonyl (C=O) groups excluding carboxylic acids is 1. The number of fused-ring (bicyclic) bond motifs is 1. The number of rotatable bonds is 6. The van der Waals surface area contributed by atoms with E-state index >= 15 is 0 Å². The number of amides is 1. The van der Waals surface area contributed by atoms with Gasteiger partial charge in [0.2, 0.25) is 5.95 Å². The molecule has 0 bridgehead atoms. The van der Waals surface area contributed by atoms with Crippen molar-refractivity contribution in [3.63, 3.8) is 0 Å². The third kappa shape index (κ3) is 4.74. The maximum Gasteiger partial charge on any atom is 0.412 e. The number of ether oxygens (including phenoxy) is 4. The molecule has 4 atom stereocenters. The molecule has 0 saturated carbocycles. The molecule has 9 nitrogen and oxygen atoms in total. The monoisotopic (exact) mass is 448 g/mol. The molecule has 1 aromatic heterocycles. The van der Waals surface area contributed by atoms with Crippen LogP contribution in [0.4, 0.5) is 16.4 Å². The Morgan fingerprint density at radius 3 is 2.73 bits per heavy atom. The fraction of sp³-hybridized carbons (Fsp3) is 0.292. The van der Waals surface area contributed by atoms with Crippen molar-refractivity contribution >= 4 is 17.7 Å². The van der Waals surface area contributed by atoms with Crippen molar-refractivity contribution in [3.8, 4) is 17.0 Å². The molecule has 9 heteroatoms. The first kappa shape index (κ1) is 21.2. The summed E-state index contributed by atoms with van der Waals surface area (Å²) in [5, 5.41) is 6.01. The third-order valence-corrected chi connectivity index (χ3v) is 5.62. The van der Waals surface area contributed by atoms with Gasteiger partial charge in [-0.1, -0.05) is 36.4 Å². The number of hydrogen-bond donors (Lipinski definition) is 2. The highest BCUT2D eigenvalue weighted by Crippen LogP contribution is 2.31. The van der Waals surface area contributed by atoms with E-state index in [9.17, 15) is 4.79 Å². The van der Waals surface area contributed by atoms with E-state index in [2.05, 4.69) is 20.6 Å². The van der Waals surface area contributed by atoms with Gasteiger partial charge in [0.1, 0.15) is 18.0 Å². The highest BCUT2D eigenvalue weighted by atomic mass is 16.6. The third-order valence-electron chi connectivity index (χ3n) is 5.62. The normalized spacial score (nSPS) is 23.5. The molecule has 170 valence electrons. The Bertz CT molecular complexity index is 1110. The summed E-state index contributed by atoms with van der Waals surface area (Å²) in [6, 6.07) is 18.7. The quantitative estimate of drug-likeness (QED) is 0.592. The van der Waals surface area contributed by atoms with Gasteiger partial charge >= 0.3 is 6.09 Å². The molecule has 0 aliphatic carbocycles. The molecular weight excluding hydrogens is 424 g/mol. The zero-order valence-corrected chi connectivity index (χ0v) is 18.0. The highest BCUT2D eigenvalue weighted by molar-refractivity contribution is 5.85. The molecule has 2 aromatic carbocycles. The van der Waals surface area contributed by atoms with E-state index in [4.69, 9.17) is 18.9 Å². The van der Waals surface area contributed by atoms with Gasteiger partial charge < -0.3 is 24.3 Å². The predicted octanol–water partition coefficient (Wildman–Crippen LogP) is 3.35. The van der Waals surface area contributed by atoms with Gasteiger partial charge in [-0.3, -0.25) is 5.32 Å². The Morgan fingerprint density at radius 1 is 1.03 bits per heavy atom. The van der Waals surface area contributed by atoms with Gasteiger partial charge in [-0.25, -0.2) is 14.8 Å². The molecule has 2 N–H and O–H groups in total. The molecule has 2 aliphatic heterocycles. The number of hydrogen-bond acceptors (Lipinski definition) is 8. The largest absolute Gasteiger partial charge is 0.497 e. The molecule has 2 aliphatic rings. The second-order valence-corrected chi connectivity index (χ2v) is 7.78. The van der Waals surface area contributed by atoms with E-state index in [1.165, 1.54) is 0 Å². The summed E-state index contributed by atoms with van der Waals surface area (Å²) in [5.74, 6) is 1.14. The maximum absolute atomic E-state index is 12.4. The van der Waals surface area contributed by atoms with E-state index in [0.717, 1.165) is 11.3 Å². The summed E-state index contributed by atoms with van der Waals surface area (Å²) in [7, 11) is 1.57. The lowest BCUT2D eigenvalue weighted by Crippen LogP contribution is -2.38. The molecule has 0 spiro atoms. The van der Waals surface area contributed by atoms with Crippen LogP contribution in [0, 0.1) is 0 Å². The minimum absolute atomic E-state index is 0.156. The number of nitrogens with one attached hydrogen (secondary N) is 2. The van der Waals surface area contributed by atoms with Crippen molar-refractivity contribution < 1.29 is 23.7 Å². The average Bonchev–Trinajstić information content (AvgIpc) is 3.43. The standard InChI is InChI=1S/C24H24N4O5/c1-30-17-9-5-8-16(12-17)26-24(29)33-20-14-32-21-19(13-31-22(20)21)28-23-25-11-10-18(27-23)15-6-3-2-4-7-15/h2-12,19-22H,13-14H2,1H3,(H,26,29)(H,25,27,28)/t19-,20-,21-,22+/m0/s1. The van der Waals surface area contributed by atoms with Gasteiger partial charge in [0, 0.05) is 23.5 Å². The first-order chi connectivity index (χ1) is 16.2. The van der Waals surface area contributed by atoms with Crippen molar-refractivity contribution in [1.29, 1.82) is 0 Å². The van der Waals surface area contributed by atoms with Crippen LogP contribution < -0.4 is 15.4 Å². The van der Waals surface area contributed by atoms with Crippen molar-refractivity contribution in [2.24, 2.45) is 0 Å². The molecule has 2 fully saturated rings. The average molecular weight is 448 g/mol. The molecule has 33 heavy (non-hydrogen) atoms. The van der Waals surface area contributed by atoms with Crippen molar-refractivity contribution in [2.75, 3.05) is 31.0 Å². The van der Waals surface area contributed by atoms with E-state index in [1.807, 2.05) is 36.4 Å².